The number of hydrogen-bond acceptors (Lipinski definition) is 2. The summed E-state index contributed by atoms with van der Waals surface area (Å²) in [5, 5.41) is 1.07. The van der Waals surface area contributed by atoms with Crippen molar-refractivity contribution < 1.29 is 4.79 Å². The first-order valence-electron chi connectivity index (χ1n) is 7.04. The van der Waals surface area contributed by atoms with Gasteiger partial charge in [-0.05, 0) is 0 Å². The Morgan fingerprint density at radius 3 is 2.67 bits per heavy atom. The molecule has 4 nitrogen and oxygen atoms in total. The van der Waals surface area contributed by atoms with E-state index >= 15 is 0 Å². The van der Waals surface area contributed by atoms with Gasteiger partial charge in [0.15, 0.2) is 0 Å². The molecule has 0 fully saturated rings. The topological polar surface area (TPSA) is 60.9 Å². The molecule has 1 heterocycles. The monoisotopic (exact) mass is 347 g/mol. The van der Waals surface area contributed by atoms with E-state index < -0.39 is 5.91 Å². The first kappa shape index (κ1) is 15.8. The summed E-state index contributed by atoms with van der Waals surface area (Å²) in [4.78, 5) is 15.5. The Labute approximate surface area is 132 Å². The number of aromatic nitrogens is 2. The Bertz CT molecular complexity index is 607. The van der Waals surface area contributed by atoms with E-state index in [0.717, 1.165) is 5.21 Å². The van der Waals surface area contributed by atoms with Crippen LogP contribution in [0.25, 0.3) is 0 Å². The van der Waals surface area contributed by atoms with Crippen LogP contribution in [0.5, 0.6) is 0 Å². The Kier molecular flexibility index (Phi) is 4.89. The molecule has 2 unspecified atom stereocenters. The van der Waals surface area contributed by atoms with Gasteiger partial charge in [0.2, 0.25) is 0 Å². The van der Waals surface area contributed by atoms with Gasteiger partial charge in [-0.3, -0.25) is 0 Å². The van der Waals surface area contributed by atoms with Crippen LogP contribution in [0.15, 0.2) is 42.7 Å². The molecule has 1 aromatic carbocycles. The van der Waals surface area contributed by atoms with Gasteiger partial charge in [0.05, 0.1) is 0 Å². The summed E-state index contributed by atoms with van der Waals surface area (Å²) in [5.41, 5.74) is 6.65. The van der Waals surface area contributed by atoms with Crippen LogP contribution in [0.3, 0.4) is 0 Å². The van der Waals surface area contributed by atoms with E-state index in [0.29, 0.717) is 10.5 Å². The van der Waals surface area contributed by atoms with E-state index in [1.165, 1.54) is 5.56 Å². The van der Waals surface area contributed by atoms with E-state index in [9.17, 15) is 4.79 Å². The number of rotatable bonds is 6. The summed E-state index contributed by atoms with van der Waals surface area (Å²) in [6, 6.07) is 10.6. The van der Waals surface area contributed by atoms with E-state index in [1.807, 2.05) is 16.8 Å². The Morgan fingerprint density at radius 2 is 2.05 bits per heavy atom. The van der Waals surface area contributed by atoms with Crippen molar-refractivity contribution in [3.8, 4) is 0 Å². The average Bonchev–Trinajstić information content (AvgIpc) is 2.96. The fourth-order valence-corrected chi connectivity index (χ4v) is 5.27. The van der Waals surface area contributed by atoms with Crippen molar-refractivity contribution in [3.63, 3.8) is 0 Å². The third kappa shape index (κ3) is 3.76. The van der Waals surface area contributed by atoms with Crippen molar-refractivity contribution in [3.05, 3.63) is 54.1 Å². The second-order valence-electron chi connectivity index (χ2n) is 5.81. The number of nitrogens with two attached hydrogens (primary N) is 1. The van der Waals surface area contributed by atoms with Crippen molar-refractivity contribution in [2.45, 2.75) is 36.2 Å². The molecule has 1 aromatic heterocycles. The summed E-state index contributed by atoms with van der Waals surface area (Å²) in [6.07, 6.45) is 3.49. The minimum absolute atomic E-state index is 0.135. The fourth-order valence-electron chi connectivity index (χ4n) is 2.32. The number of amides is 1. The van der Waals surface area contributed by atoms with Crippen molar-refractivity contribution >= 4 is 21.7 Å². The molecule has 112 valence electrons. The molecular formula is C16H22AsN3O. The zero-order chi connectivity index (χ0) is 15.5. The van der Waals surface area contributed by atoms with Crippen LogP contribution in [-0.2, 0) is 5.54 Å². The van der Waals surface area contributed by atoms with Crippen LogP contribution in [0.2, 0.25) is 5.21 Å². The first-order valence-corrected chi connectivity index (χ1v) is 9.73. The number of hydrogen-bond donors (Lipinski definition) is 1. The second-order valence-corrected chi connectivity index (χ2v) is 9.23. The molecule has 0 saturated heterocycles. The molecule has 2 N–H and O–H groups in total. The van der Waals surface area contributed by atoms with Crippen LogP contribution >= 0.6 is 0 Å². The van der Waals surface area contributed by atoms with Gasteiger partial charge in [0.25, 0.3) is 0 Å². The molecule has 0 radical (unpaired) electrons. The van der Waals surface area contributed by atoms with Crippen LogP contribution in [0.1, 0.15) is 41.7 Å². The molecule has 0 saturated carbocycles. The maximum absolute atomic E-state index is 11.4. The number of carbonyl (C=O) groups is 1. The Hall–Kier alpha value is -1.54. The molecule has 0 spiro atoms. The van der Waals surface area contributed by atoms with Crippen LogP contribution < -0.4 is 5.73 Å². The number of primary amides is 1. The van der Waals surface area contributed by atoms with Crippen LogP contribution in [0.4, 0.5) is 0 Å². The van der Waals surface area contributed by atoms with E-state index in [4.69, 9.17) is 5.73 Å². The van der Waals surface area contributed by atoms with Crippen molar-refractivity contribution in [2.75, 3.05) is 0 Å². The Morgan fingerprint density at radius 1 is 1.38 bits per heavy atom. The minimum atomic E-state index is -0.468. The third-order valence-corrected chi connectivity index (χ3v) is 7.88. The molecule has 0 aliphatic heterocycles. The van der Waals surface area contributed by atoms with Gasteiger partial charge in [0, 0.05) is 0 Å². The third-order valence-electron chi connectivity index (χ3n) is 3.65. The molecule has 2 atom stereocenters. The van der Waals surface area contributed by atoms with Crippen molar-refractivity contribution in [2.24, 2.45) is 5.73 Å². The molecule has 0 aliphatic carbocycles. The van der Waals surface area contributed by atoms with Gasteiger partial charge in [-0.15, -0.1) is 0 Å². The van der Waals surface area contributed by atoms with Gasteiger partial charge < -0.3 is 0 Å². The predicted octanol–water partition coefficient (Wildman–Crippen LogP) is 2.33. The number of imidazole rings is 1. The zero-order valence-corrected chi connectivity index (χ0v) is 14.8. The average molecular weight is 347 g/mol. The fraction of sp³-hybridized carbons (Fsp3) is 0.375. The Balaban J connectivity index is 2.07. The molecule has 1 amide bonds. The van der Waals surface area contributed by atoms with E-state index in [1.54, 1.807) is 6.20 Å². The van der Waals surface area contributed by atoms with Gasteiger partial charge in [0.1, 0.15) is 0 Å². The number of carbonyl (C=O) groups excluding carboxylic acids is 1. The molecule has 2 aromatic rings. The van der Waals surface area contributed by atoms with Crippen LogP contribution in [-0.4, -0.2) is 31.2 Å². The first-order chi connectivity index (χ1) is 9.92. The summed E-state index contributed by atoms with van der Waals surface area (Å²) in [5.74, 6) is -0.122. The predicted molar refractivity (Wildman–Crippen MR) is 86.9 cm³/mol. The summed E-state index contributed by atoms with van der Waals surface area (Å²) < 4.78 is 2.52. The van der Waals surface area contributed by atoms with Crippen molar-refractivity contribution in [1.82, 2.24) is 9.55 Å². The summed E-state index contributed by atoms with van der Waals surface area (Å²) in [7, 11) is 0. The van der Waals surface area contributed by atoms with Gasteiger partial charge >= 0.3 is 132 Å². The van der Waals surface area contributed by atoms with Gasteiger partial charge in [-0.1, -0.05) is 0 Å². The molecule has 5 heteroatoms. The van der Waals surface area contributed by atoms with Crippen molar-refractivity contribution in [1.29, 1.82) is 0 Å². The molecular weight excluding hydrogens is 325 g/mol. The van der Waals surface area contributed by atoms with Gasteiger partial charge in [-0.2, -0.15) is 0 Å². The SMILES string of the molecule is CC([AsH]CC(C)(C)n1ccnc1C(N)=O)c1ccccc1. The number of benzene rings is 1. The molecule has 2 rings (SSSR count). The molecule has 21 heavy (non-hydrogen) atoms. The summed E-state index contributed by atoms with van der Waals surface area (Å²) in [6.45, 7) is 6.57. The standard InChI is InChI=1S/C16H22AsN3O/c1-12(13-7-5-4-6-8-13)17-11-16(2,3)20-10-9-19-15(20)14(18)21/h4-10,12,17H,11H2,1-3H3,(H2,18,21). The molecule has 0 aliphatic rings. The van der Waals surface area contributed by atoms with Gasteiger partial charge in [-0.25, -0.2) is 0 Å². The molecule has 0 bridgehead atoms. The zero-order valence-electron chi connectivity index (χ0n) is 12.7. The maximum atomic E-state index is 11.4. The second kappa shape index (κ2) is 6.48. The summed E-state index contributed by atoms with van der Waals surface area (Å²) >= 11 is -0.194. The van der Waals surface area contributed by atoms with Crippen LogP contribution in [0, 0.1) is 0 Å². The van der Waals surface area contributed by atoms with E-state index in [2.05, 4.69) is 50.0 Å². The van der Waals surface area contributed by atoms with E-state index in [-0.39, 0.29) is 21.3 Å². The normalized spacial score (nSPS) is 13.7. The quantitative estimate of drug-likeness (QED) is 0.816. The number of nitrogens with zero attached hydrogens (tertiary/aromatic N) is 2.